The largest absolute Gasteiger partial charge is 0.309 e. The van der Waals surface area contributed by atoms with Crippen LogP contribution in [0, 0.1) is 0 Å². The van der Waals surface area contributed by atoms with E-state index >= 15 is 0 Å². The van der Waals surface area contributed by atoms with E-state index in [0.717, 1.165) is 100 Å². The van der Waals surface area contributed by atoms with Gasteiger partial charge in [0.15, 0.2) is 11.6 Å². The van der Waals surface area contributed by atoms with Gasteiger partial charge in [0.2, 0.25) is 0 Å². The lowest BCUT2D eigenvalue weighted by atomic mass is 10.0. The summed E-state index contributed by atoms with van der Waals surface area (Å²) in [6, 6.07) is 93.6. The maximum Gasteiger partial charge on any atom is 0.160 e. The Kier molecular flexibility index (Phi) is 11.0. The molecule has 82 heavy (non-hydrogen) atoms. The Bertz CT molecular complexity index is 4700. The molecule has 0 bridgehead atoms. The highest BCUT2D eigenvalue weighted by molar-refractivity contribution is 6.10. The molecular formula is C74H46N8. The van der Waals surface area contributed by atoms with Crippen molar-refractivity contribution >= 4 is 65.4 Å². The molecule has 6 heterocycles. The smallest absolute Gasteiger partial charge is 0.160 e. The van der Waals surface area contributed by atoms with Crippen LogP contribution in [0.2, 0.25) is 0 Å². The summed E-state index contributed by atoms with van der Waals surface area (Å²) in [5.41, 5.74) is 19.7. The van der Waals surface area contributed by atoms with Crippen molar-refractivity contribution in [3.05, 3.63) is 279 Å². The van der Waals surface area contributed by atoms with Gasteiger partial charge in [-0.15, -0.1) is 0 Å². The minimum absolute atomic E-state index is 0.629. The molecule has 0 fully saturated rings. The van der Waals surface area contributed by atoms with Crippen LogP contribution in [0.15, 0.2) is 279 Å². The normalized spacial score (nSPS) is 11.7. The first kappa shape index (κ1) is 46.8. The zero-order valence-electron chi connectivity index (χ0n) is 44.1. The molecule has 382 valence electrons. The first-order valence-corrected chi connectivity index (χ1v) is 27.5. The average molecular weight is 1050 g/mol. The summed E-state index contributed by atoms with van der Waals surface area (Å²) < 4.78 is 4.67. The molecule has 0 saturated carbocycles. The van der Waals surface area contributed by atoms with E-state index in [9.17, 15) is 0 Å². The minimum Gasteiger partial charge on any atom is -0.309 e. The Morgan fingerprint density at radius 1 is 0.244 bits per heavy atom. The summed E-state index contributed by atoms with van der Waals surface area (Å²) in [7, 11) is 0. The lowest BCUT2D eigenvalue weighted by Gasteiger charge is -2.13. The van der Waals surface area contributed by atoms with Crippen molar-refractivity contribution in [3.63, 3.8) is 0 Å². The van der Waals surface area contributed by atoms with Crippen LogP contribution in [0.4, 0.5) is 0 Å². The first-order valence-electron chi connectivity index (χ1n) is 27.5. The van der Waals surface area contributed by atoms with Crippen LogP contribution in [0.1, 0.15) is 0 Å². The molecule has 0 aliphatic carbocycles. The molecule has 0 atom stereocenters. The lowest BCUT2D eigenvalue weighted by Crippen LogP contribution is -1.98. The number of hydrogen-bond acceptors (Lipinski definition) is 6. The Morgan fingerprint density at radius 3 is 0.939 bits per heavy atom. The summed E-state index contributed by atoms with van der Waals surface area (Å²) in [6.07, 6.45) is 3.68. The second-order valence-electron chi connectivity index (χ2n) is 20.7. The molecule has 16 rings (SSSR count). The first-order chi connectivity index (χ1) is 40.6. The highest BCUT2D eigenvalue weighted by Crippen LogP contribution is 2.38. The number of nitrogens with zero attached hydrogens (tertiary/aromatic N) is 8. The van der Waals surface area contributed by atoms with Crippen molar-refractivity contribution in [3.8, 4) is 90.3 Å². The van der Waals surface area contributed by atoms with E-state index in [1.807, 2.05) is 24.5 Å². The quantitative estimate of drug-likeness (QED) is 0.143. The van der Waals surface area contributed by atoms with Gasteiger partial charge in [0.05, 0.1) is 55.9 Å². The molecule has 0 aliphatic heterocycles. The molecule has 0 radical (unpaired) electrons. The van der Waals surface area contributed by atoms with Crippen LogP contribution in [0.5, 0.6) is 0 Å². The van der Waals surface area contributed by atoms with Gasteiger partial charge in [-0.3, -0.25) is 9.97 Å². The molecule has 10 aromatic carbocycles. The molecule has 8 nitrogen and oxygen atoms in total. The van der Waals surface area contributed by atoms with Crippen LogP contribution in [0.25, 0.3) is 156 Å². The number of aromatic nitrogens is 8. The van der Waals surface area contributed by atoms with E-state index in [4.69, 9.17) is 29.9 Å². The molecule has 6 aromatic heterocycles. The van der Waals surface area contributed by atoms with Gasteiger partial charge in [0.1, 0.15) is 0 Å². The summed E-state index contributed by atoms with van der Waals surface area (Å²) in [5, 5.41) is 7.03. The number of benzene rings is 10. The third-order valence-electron chi connectivity index (χ3n) is 15.9. The third-order valence-corrected chi connectivity index (χ3v) is 15.9. The Morgan fingerprint density at radius 2 is 0.561 bits per heavy atom. The second-order valence-corrected chi connectivity index (χ2v) is 20.7. The lowest BCUT2D eigenvalue weighted by molar-refractivity contribution is 1.17. The molecule has 0 aliphatic rings. The summed E-state index contributed by atoms with van der Waals surface area (Å²) in [6.45, 7) is 0. The van der Waals surface area contributed by atoms with Crippen LogP contribution in [-0.4, -0.2) is 39.0 Å². The minimum atomic E-state index is 0.629. The van der Waals surface area contributed by atoms with Gasteiger partial charge in [-0.1, -0.05) is 194 Å². The van der Waals surface area contributed by atoms with E-state index in [0.29, 0.717) is 11.6 Å². The topological polar surface area (TPSA) is 87.2 Å². The standard InChI is InChI=1S/C74H46N8/c1-5-23-67-57(17-1)58-18-2-6-24-68(58)81(67)55-39-35-49(36-40-55)63-45-65(61-21-9-13-51-15-11-43-75-71(51)61)79-73(77-63)53-31-27-47(28-32-53)48-29-33-54(34-30-48)74-78-64(46-66(80-74)62-22-10-14-52-16-12-44-76-72(52)62)50-37-41-56(42-38-50)82-69-25-7-3-19-59(69)60-20-4-8-26-70(60)82/h1-46H. The summed E-state index contributed by atoms with van der Waals surface area (Å²) >= 11 is 0. The molecule has 16 aromatic rings. The maximum atomic E-state index is 5.27. The Balaban J connectivity index is 0.742. The van der Waals surface area contributed by atoms with Crippen LogP contribution in [0.3, 0.4) is 0 Å². The highest BCUT2D eigenvalue weighted by atomic mass is 15.0. The van der Waals surface area contributed by atoms with E-state index in [1.165, 1.54) is 43.6 Å². The fraction of sp³-hybridized carbons (Fsp3) is 0. The van der Waals surface area contributed by atoms with E-state index in [2.05, 4.69) is 264 Å². The molecule has 0 spiro atoms. The van der Waals surface area contributed by atoms with Gasteiger partial charge in [0, 0.05) is 89.5 Å². The molecule has 0 saturated heterocycles. The van der Waals surface area contributed by atoms with Crippen LogP contribution < -0.4 is 0 Å². The predicted octanol–water partition coefficient (Wildman–Crippen LogP) is 18.2. The van der Waals surface area contributed by atoms with Crippen molar-refractivity contribution in [2.45, 2.75) is 0 Å². The fourth-order valence-corrected chi connectivity index (χ4v) is 11.9. The van der Waals surface area contributed by atoms with Crippen molar-refractivity contribution in [2.24, 2.45) is 0 Å². The van der Waals surface area contributed by atoms with E-state index in [1.54, 1.807) is 0 Å². The Hall–Kier alpha value is -11.2. The van der Waals surface area contributed by atoms with Gasteiger partial charge < -0.3 is 9.13 Å². The second kappa shape index (κ2) is 19.3. The molecular weight excluding hydrogens is 1000 g/mol. The predicted molar refractivity (Wildman–Crippen MR) is 335 cm³/mol. The van der Waals surface area contributed by atoms with Gasteiger partial charge in [-0.2, -0.15) is 0 Å². The molecule has 0 amide bonds. The van der Waals surface area contributed by atoms with E-state index in [-0.39, 0.29) is 0 Å². The number of para-hydroxylation sites is 6. The molecule has 0 N–H and O–H groups in total. The van der Waals surface area contributed by atoms with E-state index < -0.39 is 0 Å². The number of rotatable bonds is 9. The Labute approximate surface area is 471 Å². The number of fused-ring (bicyclic) bond motifs is 8. The van der Waals surface area contributed by atoms with Crippen molar-refractivity contribution in [1.82, 2.24) is 39.0 Å². The van der Waals surface area contributed by atoms with Crippen LogP contribution >= 0.6 is 0 Å². The number of pyridine rings is 2. The summed E-state index contributed by atoms with van der Waals surface area (Å²) in [4.78, 5) is 30.7. The highest BCUT2D eigenvalue weighted by Gasteiger charge is 2.19. The van der Waals surface area contributed by atoms with Gasteiger partial charge >= 0.3 is 0 Å². The van der Waals surface area contributed by atoms with Gasteiger partial charge in [0.25, 0.3) is 0 Å². The SMILES string of the molecule is c1cnc2c(-c3cc(-c4ccc(-n5c6ccccc6c6ccccc65)cc4)nc(-c4ccc(-c5ccc(-c6nc(-c7ccc(-n8c9ccccc9c9ccccc98)cc7)cc(-c7cccc8cccnc78)n6)cc5)cc4)n3)cccc2c1. The molecule has 8 heteroatoms. The number of hydrogen-bond donors (Lipinski definition) is 0. The average Bonchev–Trinajstić information content (AvgIpc) is 4.29. The third kappa shape index (κ3) is 8.00. The molecule has 0 unspecified atom stereocenters. The van der Waals surface area contributed by atoms with Gasteiger partial charge in [-0.05, 0) is 83.9 Å². The monoisotopic (exact) mass is 1050 g/mol. The van der Waals surface area contributed by atoms with Crippen molar-refractivity contribution < 1.29 is 0 Å². The van der Waals surface area contributed by atoms with Crippen LogP contribution in [-0.2, 0) is 0 Å². The maximum absolute atomic E-state index is 5.27. The van der Waals surface area contributed by atoms with Crippen molar-refractivity contribution in [1.29, 1.82) is 0 Å². The van der Waals surface area contributed by atoms with Gasteiger partial charge in [-0.25, -0.2) is 19.9 Å². The summed E-state index contributed by atoms with van der Waals surface area (Å²) in [5.74, 6) is 1.26. The zero-order chi connectivity index (χ0) is 54.1. The van der Waals surface area contributed by atoms with Crippen molar-refractivity contribution in [2.75, 3.05) is 0 Å². The zero-order valence-corrected chi connectivity index (χ0v) is 44.1. The fourth-order valence-electron chi connectivity index (χ4n) is 11.9.